The van der Waals surface area contributed by atoms with Crippen LogP contribution in [0.3, 0.4) is 0 Å². The van der Waals surface area contributed by atoms with Crippen LogP contribution in [0.1, 0.15) is 11.3 Å². The fraction of sp³-hybridized carbons (Fsp3) is 0.0667. The third-order valence-corrected chi connectivity index (χ3v) is 3.05. The van der Waals surface area contributed by atoms with E-state index in [1.807, 2.05) is 43.3 Å². The first-order valence-electron chi connectivity index (χ1n) is 6.13. The molecule has 0 amide bonds. The Morgan fingerprint density at radius 2 is 1.95 bits per heavy atom. The van der Waals surface area contributed by atoms with Gasteiger partial charge in [0.2, 0.25) is 5.96 Å². The molecule has 0 bridgehead atoms. The number of nitrogens with zero attached hydrogens (tertiary/aromatic N) is 2. The molecular formula is C15H12ClN3O. The number of rotatable bonds is 2. The van der Waals surface area contributed by atoms with Crippen molar-refractivity contribution in [2.45, 2.75) is 6.92 Å². The second-order valence-corrected chi connectivity index (χ2v) is 4.73. The Balaban J connectivity index is 1.80. The summed E-state index contributed by atoms with van der Waals surface area (Å²) in [6.07, 6.45) is 3.34. The van der Waals surface area contributed by atoms with Crippen molar-refractivity contribution < 1.29 is 4.42 Å². The minimum absolute atomic E-state index is 0.344. The molecule has 0 spiro atoms. The molecule has 1 aliphatic rings. The molecule has 0 saturated carbocycles. The van der Waals surface area contributed by atoms with Crippen LogP contribution in [0.15, 0.2) is 62.8 Å². The van der Waals surface area contributed by atoms with Crippen LogP contribution in [0.5, 0.6) is 0 Å². The van der Waals surface area contributed by atoms with E-state index in [1.54, 1.807) is 12.3 Å². The van der Waals surface area contributed by atoms with E-state index in [0.717, 1.165) is 5.69 Å². The van der Waals surface area contributed by atoms with Gasteiger partial charge >= 0.3 is 0 Å². The van der Waals surface area contributed by atoms with E-state index in [9.17, 15) is 0 Å². The van der Waals surface area contributed by atoms with Crippen molar-refractivity contribution in [1.82, 2.24) is 0 Å². The van der Waals surface area contributed by atoms with Gasteiger partial charge in [-0.15, -0.1) is 0 Å². The zero-order valence-electron chi connectivity index (χ0n) is 10.8. The standard InChI is InChI=1S/C15H12ClN3O/c1-10-4-6-11(7-5-10)17-15-18-13(14(16)19-15)9-12-3-2-8-20-12/h2-9H,1H3,(H,17,18)/b13-9+. The summed E-state index contributed by atoms with van der Waals surface area (Å²) < 4.78 is 5.23. The van der Waals surface area contributed by atoms with E-state index in [1.165, 1.54) is 5.56 Å². The Kier molecular flexibility index (Phi) is 3.39. The number of aliphatic imine (C=N–C) groups is 2. The summed E-state index contributed by atoms with van der Waals surface area (Å²) in [5, 5.41) is 3.46. The van der Waals surface area contributed by atoms with Crippen molar-refractivity contribution in [3.05, 3.63) is 59.7 Å². The van der Waals surface area contributed by atoms with Crippen LogP contribution in [0.25, 0.3) is 6.08 Å². The molecule has 1 aromatic heterocycles. The van der Waals surface area contributed by atoms with Gasteiger partial charge < -0.3 is 9.73 Å². The number of allylic oxidation sites excluding steroid dienone is 1. The first kappa shape index (κ1) is 12.7. The number of hydrogen-bond acceptors (Lipinski definition) is 4. The van der Waals surface area contributed by atoms with E-state index >= 15 is 0 Å². The summed E-state index contributed by atoms with van der Waals surface area (Å²) in [6, 6.07) is 11.6. The number of anilines is 1. The summed E-state index contributed by atoms with van der Waals surface area (Å²) in [5.74, 6) is 1.16. The highest BCUT2D eigenvalue weighted by molar-refractivity contribution is 6.71. The summed E-state index contributed by atoms with van der Waals surface area (Å²) in [7, 11) is 0. The Morgan fingerprint density at radius 3 is 2.65 bits per heavy atom. The van der Waals surface area contributed by atoms with Gasteiger partial charge in [0.1, 0.15) is 11.5 Å². The second-order valence-electron chi connectivity index (χ2n) is 4.37. The van der Waals surface area contributed by atoms with Gasteiger partial charge in [0.05, 0.1) is 6.26 Å². The van der Waals surface area contributed by atoms with Gasteiger partial charge in [-0.3, -0.25) is 0 Å². The van der Waals surface area contributed by atoms with Crippen LogP contribution in [0.2, 0.25) is 0 Å². The lowest BCUT2D eigenvalue weighted by atomic mass is 10.2. The van der Waals surface area contributed by atoms with Gasteiger partial charge in [0.25, 0.3) is 0 Å². The fourth-order valence-electron chi connectivity index (χ4n) is 1.76. The molecular weight excluding hydrogens is 274 g/mol. The van der Waals surface area contributed by atoms with E-state index in [2.05, 4.69) is 15.3 Å². The van der Waals surface area contributed by atoms with Crippen LogP contribution in [-0.4, -0.2) is 11.1 Å². The van der Waals surface area contributed by atoms with Crippen molar-refractivity contribution in [2.75, 3.05) is 5.32 Å². The SMILES string of the molecule is Cc1ccc(NC2=N/C(=C/c3ccco3)C(Cl)=N2)cc1. The van der Waals surface area contributed by atoms with Crippen molar-refractivity contribution in [3.63, 3.8) is 0 Å². The highest BCUT2D eigenvalue weighted by atomic mass is 35.5. The molecule has 2 heterocycles. The van der Waals surface area contributed by atoms with Crippen LogP contribution < -0.4 is 5.32 Å². The number of guanidine groups is 1. The van der Waals surface area contributed by atoms with Crippen LogP contribution in [0, 0.1) is 6.92 Å². The minimum Gasteiger partial charge on any atom is -0.465 e. The van der Waals surface area contributed by atoms with Gasteiger partial charge in [-0.1, -0.05) is 29.3 Å². The van der Waals surface area contributed by atoms with Crippen LogP contribution in [-0.2, 0) is 0 Å². The lowest BCUT2D eigenvalue weighted by Crippen LogP contribution is -2.06. The maximum atomic E-state index is 6.07. The van der Waals surface area contributed by atoms with Crippen LogP contribution in [0.4, 0.5) is 5.69 Å². The molecule has 5 heteroatoms. The van der Waals surface area contributed by atoms with Crippen molar-refractivity contribution in [1.29, 1.82) is 0 Å². The Bertz CT molecular complexity index is 697. The number of furan rings is 1. The quantitative estimate of drug-likeness (QED) is 0.905. The van der Waals surface area contributed by atoms with Gasteiger partial charge in [0.15, 0.2) is 5.17 Å². The Hall–Kier alpha value is -2.33. The molecule has 0 saturated heterocycles. The molecule has 1 aromatic carbocycles. The number of nitrogens with one attached hydrogen (secondary N) is 1. The summed E-state index contributed by atoms with van der Waals surface area (Å²) in [4.78, 5) is 8.51. The highest BCUT2D eigenvalue weighted by Gasteiger charge is 2.15. The number of halogens is 1. The molecule has 0 unspecified atom stereocenters. The summed E-state index contributed by atoms with van der Waals surface area (Å²) >= 11 is 6.07. The molecule has 20 heavy (non-hydrogen) atoms. The maximum absolute atomic E-state index is 6.07. The van der Waals surface area contributed by atoms with Gasteiger partial charge in [-0.25, -0.2) is 4.99 Å². The fourth-order valence-corrected chi connectivity index (χ4v) is 1.93. The molecule has 1 N–H and O–H groups in total. The maximum Gasteiger partial charge on any atom is 0.229 e. The number of hydrogen-bond donors (Lipinski definition) is 1. The highest BCUT2D eigenvalue weighted by Crippen LogP contribution is 2.19. The third kappa shape index (κ3) is 2.81. The molecule has 0 radical (unpaired) electrons. The van der Waals surface area contributed by atoms with Crippen molar-refractivity contribution in [3.8, 4) is 0 Å². The monoisotopic (exact) mass is 285 g/mol. The lowest BCUT2D eigenvalue weighted by molar-refractivity contribution is 0.557. The predicted octanol–water partition coefficient (Wildman–Crippen LogP) is 4.05. The topological polar surface area (TPSA) is 49.9 Å². The predicted molar refractivity (Wildman–Crippen MR) is 82.2 cm³/mol. The van der Waals surface area contributed by atoms with Gasteiger partial charge in [-0.05, 0) is 31.2 Å². The van der Waals surface area contributed by atoms with Gasteiger partial charge in [-0.2, -0.15) is 4.99 Å². The second kappa shape index (κ2) is 5.35. The third-order valence-electron chi connectivity index (χ3n) is 2.77. The molecule has 0 aliphatic carbocycles. The Labute approximate surface area is 121 Å². The van der Waals surface area contributed by atoms with Crippen molar-refractivity contribution >= 4 is 34.5 Å². The normalized spacial score (nSPS) is 16.2. The molecule has 3 rings (SSSR count). The first-order valence-corrected chi connectivity index (χ1v) is 6.51. The molecule has 0 atom stereocenters. The smallest absolute Gasteiger partial charge is 0.229 e. The minimum atomic E-state index is 0.344. The van der Waals surface area contributed by atoms with Crippen molar-refractivity contribution in [2.24, 2.45) is 9.98 Å². The zero-order valence-corrected chi connectivity index (χ0v) is 11.6. The van der Waals surface area contributed by atoms with E-state index in [0.29, 0.717) is 22.6 Å². The lowest BCUT2D eigenvalue weighted by Gasteiger charge is -2.02. The van der Waals surface area contributed by atoms with Crippen LogP contribution >= 0.6 is 11.6 Å². The zero-order chi connectivity index (χ0) is 13.9. The molecule has 1 aliphatic heterocycles. The van der Waals surface area contributed by atoms with Gasteiger partial charge in [0, 0.05) is 11.8 Å². The van der Waals surface area contributed by atoms with E-state index < -0.39 is 0 Å². The summed E-state index contributed by atoms with van der Waals surface area (Å²) in [5.41, 5.74) is 2.70. The number of aryl methyl sites for hydroxylation is 1. The number of benzene rings is 1. The van der Waals surface area contributed by atoms with E-state index in [-0.39, 0.29) is 0 Å². The average Bonchev–Trinajstić information content (AvgIpc) is 3.04. The molecule has 4 nitrogen and oxygen atoms in total. The molecule has 0 fully saturated rings. The first-order chi connectivity index (χ1) is 9.70. The summed E-state index contributed by atoms with van der Waals surface area (Å²) in [6.45, 7) is 2.04. The molecule has 100 valence electrons. The Morgan fingerprint density at radius 1 is 1.15 bits per heavy atom. The largest absolute Gasteiger partial charge is 0.465 e. The average molecular weight is 286 g/mol. The molecule has 2 aromatic rings. The van der Waals surface area contributed by atoms with E-state index in [4.69, 9.17) is 16.0 Å².